The second kappa shape index (κ2) is 5.83. The Kier molecular flexibility index (Phi) is 4.06. The molecule has 1 heterocycles. The van der Waals surface area contributed by atoms with Gasteiger partial charge in [0.25, 0.3) is 0 Å². The number of rotatable bonds is 4. The molecule has 1 aliphatic heterocycles. The number of aliphatic carboxylic acids is 1. The number of carbonyl (C=O) groups is 2. The van der Waals surface area contributed by atoms with Gasteiger partial charge in [0, 0.05) is 32.6 Å². The third-order valence-electron chi connectivity index (χ3n) is 5.52. The summed E-state index contributed by atoms with van der Waals surface area (Å²) in [5, 5.41) is 15.0. The number of ether oxygens (including phenoxy) is 1. The van der Waals surface area contributed by atoms with Crippen LogP contribution < -0.4 is 10.6 Å². The van der Waals surface area contributed by atoms with E-state index in [1.165, 1.54) is 25.7 Å². The van der Waals surface area contributed by atoms with E-state index in [2.05, 4.69) is 10.6 Å². The van der Waals surface area contributed by atoms with E-state index in [9.17, 15) is 14.7 Å². The number of hydrogen-bond acceptors (Lipinski definition) is 3. The number of hydrogen-bond donors (Lipinski definition) is 3. The highest BCUT2D eigenvalue weighted by Crippen LogP contribution is 2.47. The first-order valence-electron chi connectivity index (χ1n) is 7.96. The van der Waals surface area contributed by atoms with Crippen molar-refractivity contribution >= 4 is 12.0 Å². The third kappa shape index (κ3) is 3.00. The van der Waals surface area contributed by atoms with Crippen LogP contribution in [-0.4, -0.2) is 42.4 Å². The molecule has 0 aromatic rings. The van der Waals surface area contributed by atoms with Crippen LogP contribution in [0.2, 0.25) is 0 Å². The predicted molar refractivity (Wildman–Crippen MR) is 75.9 cm³/mol. The summed E-state index contributed by atoms with van der Waals surface area (Å²) in [6.45, 7) is 1.41. The van der Waals surface area contributed by atoms with E-state index < -0.39 is 11.5 Å². The Morgan fingerprint density at radius 2 is 1.95 bits per heavy atom. The lowest BCUT2D eigenvalue weighted by Crippen LogP contribution is -2.60. The minimum Gasteiger partial charge on any atom is -0.480 e. The van der Waals surface area contributed by atoms with Crippen LogP contribution in [0.3, 0.4) is 0 Å². The van der Waals surface area contributed by atoms with E-state index in [4.69, 9.17) is 4.74 Å². The van der Waals surface area contributed by atoms with Crippen molar-refractivity contribution in [1.29, 1.82) is 0 Å². The molecule has 3 rings (SSSR count). The zero-order valence-corrected chi connectivity index (χ0v) is 12.3. The van der Waals surface area contributed by atoms with Crippen LogP contribution in [0.5, 0.6) is 0 Å². The molecule has 3 fully saturated rings. The summed E-state index contributed by atoms with van der Waals surface area (Å²) in [6, 6.07) is -0.359. The molecule has 2 amide bonds. The summed E-state index contributed by atoms with van der Waals surface area (Å²) in [7, 11) is 0. The van der Waals surface area contributed by atoms with Crippen LogP contribution in [-0.2, 0) is 9.53 Å². The van der Waals surface area contributed by atoms with Crippen LogP contribution in [0.4, 0.5) is 4.79 Å². The van der Waals surface area contributed by atoms with Crippen molar-refractivity contribution in [3.8, 4) is 0 Å². The van der Waals surface area contributed by atoms with Crippen molar-refractivity contribution in [2.45, 2.75) is 44.1 Å². The maximum Gasteiger partial charge on any atom is 0.329 e. The lowest BCUT2D eigenvalue weighted by atomic mass is 9.89. The zero-order chi connectivity index (χ0) is 14.9. The molecule has 3 N–H and O–H groups in total. The maximum absolute atomic E-state index is 12.1. The van der Waals surface area contributed by atoms with Crippen molar-refractivity contribution in [3.63, 3.8) is 0 Å². The molecular formula is C15H24N2O4. The first-order valence-corrected chi connectivity index (χ1v) is 7.96. The second-order valence-corrected chi connectivity index (χ2v) is 6.77. The molecule has 2 saturated carbocycles. The molecule has 1 saturated heterocycles. The summed E-state index contributed by atoms with van der Waals surface area (Å²) in [5.41, 5.74) is -1.17. The third-order valence-corrected chi connectivity index (χ3v) is 5.52. The first-order chi connectivity index (χ1) is 10.1. The van der Waals surface area contributed by atoms with Crippen LogP contribution in [0.1, 0.15) is 38.5 Å². The van der Waals surface area contributed by atoms with Crippen LogP contribution in [0, 0.1) is 17.8 Å². The van der Waals surface area contributed by atoms with E-state index in [-0.39, 0.29) is 6.03 Å². The normalized spacial score (nSPS) is 33.6. The Labute approximate surface area is 124 Å². The molecule has 3 unspecified atom stereocenters. The van der Waals surface area contributed by atoms with Gasteiger partial charge in [-0.2, -0.15) is 0 Å². The molecule has 0 spiro atoms. The van der Waals surface area contributed by atoms with Gasteiger partial charge in [-0.05, 0) is 37.0 Å². The van der Waals surface area contributed by atoms with E-state index >= 15 is 0 Å². The Balaban J connectivity index is 1.49. The number of urea groups is 1. The van der Waals surface area contributed by atoms with Crippen molar-refractivity contribution in [2.24, 2.45) is 17.8 Å². The van der Waals surface area contributed by atoms with Crippen LogP contribution >= 0.6 is 0 Å². The van der Waals surface area contributed by atoms with Gasteiger partial charge in [-0.3, -0.25) is 0 Å². The minimum atomic E-state index is -1.17. The predicted octanol–water partition coefficient (Wildman–Crippen LogP) is 1.36. The topological polar surface area (TPSA) is 87.7 Å². The SMILES string of the molecule is O=C(NCC1CC2CCC1C2)NC1(C(=O)O)CCOCC1. The molecule has 2 bridgehead atoms. The summed E-state index contributed by atoms with van der Waals surface area (Å²) < 4.78 is 5.20. The van der Waals surface area contributed by atoms with Gasteiger partial charge in [0.15, 0.2) is 0 Å². The van der Waals surface area contributed by atoms with Gasteiger partial charge >= 0.3 is 12.0 Å². The van der Waals surface area contributed by atoms with Gasteiger partial charge in [-0.1, -0.05) is 6.42 Å². The fourth-order valence-electron chi connectivity index (χ4n) is 4.22. The summed E-state index contributed by atoms with van der Waals surface area (Å²) in [5.74, 6) is 1.21. The standard InChI is InChI=1S/C15H24N2O4/c18-13(19)15(3-5-21-6-4-15)17-14(20)16-9-12-8-10-1-2-11(12)7-10/h10-12H,1-9H2,(H,18,19)(H2,16,17,20). The monoisotopic (exact) mass is 296 g/mol. The summed E-state index contributed by atoms with van der Waals surface area (Å²) in [6.07, 6.45) is 5.80. The van der Waals surface area contributed by atoms with Gasteiger partial charge in [0.05, 0.1) is 0 Å². The van der Waals surface area contributed by atoms with Crippen molar-refractivity contribution in [3.05, 3.63) is 0 Å². The van der Waals surface area contributed by atoms with E-state index in [0.717, 1.165) is 11.8 Å². The molecule has 0 aromatic carbocycles. The molecule has 6 nitrogen and oxygen atoms in total. The van der Waals surface area contributed by atoms with E-state index in [1.54, 1.807) is 0 Å². The van der Waals surface area contributed by atoms with Crippen LogP contribution in [0.15, 0.2) is 0 Å². The molecule has 3 atom stereocenters. The average Bonchev–Trinajstić information content (AvgIpc) is 3.08. The number of amides is 2. The number of carboxylic acid groups (broad SMARTS) is 1. The highest BCUT2D eigenvalue weighted by atomic mass is 16.5. The quantitative estimate of drug-likeness (QED) is 0.731. The second-order valence-electron chi connectivity index (χ2n) is 6.77. The highest BCUT2D eigenvalue weighted by Gasteiger charge is 2.42. The minimum absolute atomic E-state index is 0.323. The molecular weight excluding hydrogens is 272 g/mol. The van der Waals surface area contributed by atoms with Gasteiger partial charge < -0.3 is 20.5 Å². The largest absolute Gasteiger partial charge is 0.480 e. The molecule has 3 aliphatic rings. The Morgan fingerprint density at radius 1 is 1.19 bits per heavy atom. The Bertz CT molecular complexity index is 420. The molecule has 0 aromatic heterocycles. The number of fused-ring (bicyclic) bond motifs is 2. The average molecular weight is 296 g/mol. The fourth-order valence-corrected chi connectivity index (χ4v) is 4.22. The van der Waals surface area contributed by atoms with E-state index in [1.807, 2.05) is 0 Å². The van der Waals surface area contributed by atoms with Crippen molar-refractivity contribution < 1.29 is 19.4 Å². The Morgan fingerprint density at radius 3 is 2.52 bits per heavy atom. The smallest absolute Gasteiger partial charge is 0.329 e. The van der Waals surface area contributed by atoms with Gasteiger partial charge in [-0.15, -0.1) is 0 Å². The molecule has 2 aliphatic carbocycles. The van der Waals surface area contributed by atoms with Gasteiger partial charge in [0.2, 0.25) is 0 Å². The van der Waals surface area contributed by atoms with Crippen molar-refractivity contribution in [1.82, 2.24) is 10.6 Å². The molecule has 21 heavy (non-hydrogen) atoms. The van der Waals surface area contributed by atoms with Crippen LogP contribution in [0.25, 0.3) is 0 Å². The lowest BCUT2D eigenvalue weighted by molar-refractivity contribution is -0.148. The molecule has 0 radical (unpaired) electrons. The van der Waals surface area contributed by atoms with Gasteiger partial charge in [0.1, 0.15) is 5.54 Å². The summed E-state index contributed by atoms with van der Waals surface area (Å²) >= 11 is 0. The maximum atomic E-state index is 12.1. The van der Waals surface area contributed by atoms with Crippen molar-refractivity contribution in [2.75, 3.05) is 19.8 Å². The number of carbonyl (C=O) groups excluding carboxylic acids is 1. The molecule has 6 heteroatoms. The summed E-state index contributed by atoms with van der Waals surface area (Å²) in [4.78, 5) is 23.5. The molecule has 118 valence electrons. The van der Waals surface area contributed by atoms with E-state index in [0.29, 0.717) is 38.5 Å². The number of nitrogens with one attached hydrogen (secondary N) is 2. The number of carboxylic acids is 1. The highest BCUT2D eigenvalue weighted by molar-refractivity contribution is 5.86. The Hall–Kier alpha value is -1.30. The zero-order valence-electron chi connectivity index (χ0n) is 12.3. The fraction of sp³-hybridized carbons (Fsp3) is 0.867. The lowest BCUT2D eigenvalue weighted by Gasteiger charge is -2.34. The first kappa shape index (κ1) is 14.6. The van der Waals surface area contributed by atoms with Gasteiger partial charge in [-0.25, -0.2) is 9.59 Å².